The van der Waals surface area contributed by atoms with Crippen LogP contribution in [0.25, 0.3) is 0 Å². The number of alkyl halides is 3. The highest BCUT2D eigenvalue weighted by Gasteiger charge is 2.41. The van der Waals surface area contributed by atoms with E-state index in [2.05, 4.69) is 5.32 Å². The summed E-state index contributed by atoms with van der Waals surface area (Å²) < 4.78 is 39.8. The van der Waals surface area contributed by atoms with Crippen molar-refractivity contribution >= 4 is 17.5 Å². The molecule has 0 bridgehead atoms. The van der Waals surface area contributed by atoms with Crippen LogP contribution in [0.5, 0.6) is 0 Å². The number of carbonyl (C=O) groups excluding carboxylic acids is 2. The quantitative estimate of drug-likeness (QED) is 0.895. The Kier molecular flexibility index (Phi) is 5.23. The number of benzene rings is 2. The zero-order valence-corrected chi connectivity index (χ0v) is 12.7. The zero-order chi connectivity index (χ0) is 17.7. The van der Waals surface area contributed by atoms with Crippen LogP contribution in [0, 0.1) is 0 Å². The van der Waals surface area contributed by atoms with Crippen molar-refractivity contribution in [2.24, 2.45) is 0 Å². The topological polar surface area (TPSA) is 58.2 Å². The zero-order valence-electron chi connectivity index (χ0n) is 12.7. The molecule has 2 aromatic rings. The molecule has 0 saturated carbocycles. The SMILES string of the molecule is CC(=O)Nc1cccc(C(=O)NC(c2ccccc2)C(F)(F)F)c1. The molecule has 0 saturated heterocycles. The van der Waals surface area contributed by atoms with E-state index in [1.54, 1.807) is 6.07 Å². The molecule has 24 heavy (non-hydrogen) atoms. The molecule has 0 radical (unpaired) electrons. The number of carbonyl (C=O) groups is 2. The molecular formula is C17H15F3N2O2. The standard InChI is InChI=1S/C17H15F3N2O2/c1-11(23)21-14-9-5-8-13(10-14)16(24)22-15(17(18,19)20)12-6-3-2-4-7-12/h2-10,15H,1H3,(H,21,23)(H,22,24). The van der Waals surface area contributed by atoms with E-state index in [9.17, 15) is 22.8 Å². The smallest absolute Gasteiger partial charge is 0.337 e. The van der Waals surface area contributed by atoms with Crippen LogP contribution in [0.15, 0.2) is 54.6 Å². The highest BCUT2D eigenvalue weighted by Crippen LogP contribution is 2.32. The first kappa shape index (κ1) is 17.5. The van der Waals surface area contributed by atoms with E-state index in [0.717, 1.165) is 0 Å². The third-order valence-corrected chi connectivity index (χ3v) is 3.18. The van der Waals surface area contributed by atoms with Crippen LogP contribution in [0.2, 0.25) is 0 Å². The van der Waals surface area contributed by atoms with Gasteiger partial charge in [-0.3, -0.25) is 9.59 Å². The molecule has 126 valence electrons. The molecule has 7 heteroatoms. The third kappa shape index (κ3) is 4.58. The number of rotatable bonds is 4. The Morgan fingerprint density at radius 2 is 1.67 bits per heavy atom. The molecule has 1 atom stereocenters. The lowest BCUT2D eigenvalue weighted by atomic mass is 10.1. The van der Waals surface area contributed by atoms with Gasteiger partial charge in [-0.1, -0.05) is 36.4 Å². The monoisotopic (exact) mass is 336 g/mol. The molecule has 2 aromatic carbocycles. The Hall–Kier alpha value is -2.83. The predicted molar refractivity (Wildman–Crippen MR) is 83.4 cm³/mol. The van der Waals surface area contributed by atoms with E-state index in [1.165, 1.54) is 55.5 Å². The summed E-state index contributed by atoms with van der Waals surface area (Å²) in [5.41, 5.74) is 0.293. The van der Waals surface area contributed by atoms with Crippen molar-refractivity contribution in [1.82, 2.24) is 5.32 Å². The van der Waals surface area contributed by atoms with E-state index in [1.807, 2.05) is 5.32 Å². The first-order valence-electron chi connectivity index (χ1n) is 7.07. The van der Waals surface area contributed by atoms with Gasteiger partial charge in [0.25, 0.3) is 5.91 Å². The summed E-state index contributed by atoms with van der Waals surface area (Å²) >= 11 is 0. The van der Waals surface area contributed by atoms with Gasteiger partial charge in [-0.2, -0.15) is 13.2 Å². The highest BCUT2D eigenvalue weighted by molar-refractivity contribution is 5.97. The summed E-state index contributed by atoms with van der Waals surface area (Å²) in [7, 11) is 0. The molecule has 0 fully saturated rings. The second-order valence-electron chi connectivity index (χ2n) is 5.12. The number of anilines is 1. The van der Waals surface area contributed by atoms with Crippen molar-refractivity contribution in [3.05, 3.63) is 65.7 Å². The Morgan fingerprint density at radius 1 is 1.00 bits per heavy atom. The first-order chi connectivity index (χ1) is 11.3. The normalized spacial score (nSPS) is 12.3. The lowest BCUT2D eigenvalue weighted by Crippen LogP contribution is -2.38. The van der Waals surface area contributed by atoms with Crippen molar-refractivity contribution in [2.75, 3.05) is 5.32 Å². The van der Waals surface area contributed by atoms with Crippen LogP contribution < -0.4 is 10.6 Å². The van der Waals surface area contributed by atoms with Gasteiger partial charge in [-0.05, 0) is 23.8 Å². The minimum absolute atomic E-state index is 0.0198. The van der Waals surface area contributed by atoms with Gasteiger partial charge < -0.3 is 10.6 Å². The van der Waals surface area contributed by atoms with E-state index < -0.39 is 18.1 Å². The highest BCUT2D eigenvalue weighted by atomic mass is 19.4. The molecule has 0 heterocycles. The van der Waals surface area contributed by atoms with Gasteiger partial charge in [0.05, 0.1) is 0 Å². The van der Waals surface area contributed by atoms with Gasteiger partial charge in [0.1, 0.15) is 0 Å². The summed E-state index contributed by atoms with van der Waals surface area (Å²) in [4.78, 5) is 23.2. The van der Waals surface area contributed by atoms with Crippen LogP contribution in [-0.4, -0.2) is 18.0 Å². The number of amides is 2. The largest absolute Gasteiger partial charge is 0.412 e. The van der Waals surface area contributed by atoms with Crippen LogP contribution >= 0.6 is 0 Å². The van der Waals surface area contributed by atoms with Gasteiger partial charge in [0.2, 0.25) is 5.91 Å². The van der Waals surface area contributed by atoms with Gasteiger partial charge in [0, 0.05) is 18.2 Å². The molecule has 2 rings (SSSR count). The predicted octanol–water partition coefficient (Wildman–Crippen LogP) is 3.68. The number of halogens is 3. The lowest BCUT2D eigenvalue weighted by molar-refractivity contribution is -0.155. The summed E-state index contributed by atoms with van der Waals surface area (Å²) in [5.74, 6) is -1.22. The summed E-state index contributed by atoms with van der Waals surface area (Å²) in [5, 5.41) is 4.47. The Bertz CT molecular complexity index is 730. The number of hydrogen-bond acceptors (Lipinski definition) is 2. The third-order valence-electron chi connectivity index (χ3n) is 3.18. The maximum Gasteiger partial charge on any atom is 0.412 e. The Morgan fingerprint density at radius 3 is 2.25 bits per heavy atom. The minimum Gasteiger partial charge on any atom is -0.337 e. The molecule has 1 unspecified atom stereocenters. The van der Waals surface area contributed by atoms with E-state index in [-0.39, 0.29) is 17.0 Å². The maximum atomic E-state index is 13.3. The van der Waals surface area contributed by atoms with Crippen molar-refractivity contribution in [3.8, 4) is 0 Å². The van der Waals surface area contributed by atoms with Crippen LogP contribution in [0.3, 0.4) is 0 Å². The molecule has 2 amide bonds. The Labute approximate surface area is 136 Å². The van der Waals surface area contributed by atoms with Crippen molar-refractivity contribution in [1.29, 1.82) is 0 Å². The average Bonchev–Trinajstić information content (AvgIpc) is 2.51. The number of hydrogen-bond donors (Lipinski definition) is 2. The van der Waals surface area contributed by atoms with Crippen LogP contribution in [0.1, 0.15) is 28.9 Å². The molecule has 0 aliphatic heterocycles. The summed E-state index contributed by atoms with van der Waals surface area (Å²) in [6, 6.07) is 10.7. The fraction of sp³-hybridized carbons (Fsp3) is 0.176. The van der Waals surface area contributed by atoms with Gasteiger partial charge in [-0.15, -0.1) is 0 Å². The fourth-order valence-electron chi connectivity index (χ4n) is 2.16. The molecule has 0 spiro atoms. The Balaban J connectivity index is 2.24. The second kappa shape index (κ2) is 7.16. The first-order valence-corrected chi connectivity index (χ1v) is 7.07. The minimum atomic E-state index is -4.63. The molecule has 0 aromatic heterocycles. The summed E-state index contributed by atoms with van der Waals surface area (Å²) in [6.07, 6.45) is -4.63. The number of nitrogens with one attached hydrogen (secondary N) is 2. The van der Waals surface area contributed by atoms with Gasteiger partial charge >= 0.3 is 6.18 Å². The summed E-state index contributed by atoms with van der Waals surface area (Å²) in [6.45, 7) is 1.29. The van der Waals surface area contributed by atoms with Crippen LogP contribution in [0.4, 0.5) is 18.9 Å². The van der Waals surface area contributed by atoms with Gasteiger partial charge in [-0.25, -0.2) is 0 Å². The fourth-order valence-corrected chi connectivity index (χ4v) is 2.16. The van der Waals surface area contributed by atoms with Crippen molar-refractivity contribution < 1.29 is 22.8 Å². The van der Waals surface area contributed by atoms with Crippen LogP contribution in [-0.2, 0) is 4.79 Å². The molecular weight excluding hydrogens is 321 g/mol. The lowest BCUT2D eigenvalue weighted by Gasteiger charge is -2.22. The van der Waals surface area contributed by atoms with E-state index in [4.69, 9.17) is 0 Å². The van der Waals surface area contributed by atoms with Crippen molar-refractivity contribution in [2.45, 2.75) is 19.1 Å². The second-order valence-corrected chi connectivity index (χ2v) is 5.12. The molecule has 0 aliphatic carbocycles. The van der Waals surface area contributed by atoms with Crippen molar-refractivity contribution in [3.63, 3.8) is 0 Å². The van der Waals surface area contributed by atoms with E-state index >= 15 is 0 Å². The van der Waals surface area contributed by atoms with E-state index in [0.29, 0.717) is 5.69 Å². The molecule has 4 nitrogen and oxygen atoms in total. The van der Waals surface area contributed by atoms with Gasteiger partial charge in [0.15, 0.2) is 6.04 Å². The maximum absolute atomic E-state index is 13.3. The average molecular weight is 336 g/mol. The molecule has 2 N–H and O–H groups in total. The molecule has 0 aliphatic rings.